The molecule has 2 aliphatic rings. The topological polar surface area (TPSA) is 62.2 Å². The van der Waals surface area contributed by atoms with Crippen LogP contribution in [0, 0.1) is 11.8 Å². The molecule has 0 unspecified atom stereocenters. The summed E-state index contributed by atoms with van der Waals surface area (Å²) < 4.78 is 1.81. The van der Waals surface area contributed by atoms with E-state index in [1.165, 1.54) is 12.8 Å². The molecule has 3 rings (SSSR count). The molecular weight excluding hydrogens is 278 g/mol. The minimum atomic E-state index is 0.0236. The van der Waals surface area contributed by atoms with Crippen LogP contribution < -0.4 is 10.6 Å². The van der Waals surface area contributed by atoms with Crippen molar-refractivity contribution in [2.24, 2.45) is 18.9 Å². The smallest absolute Gasteiger partial charge is 0.225 e. The van der Waals surface area contributed by atoms with Crippen LogP contribution in [0.2, 0.25) is 0 Å². The number of hydrogen-bond acceptors (Lipinski definition) is 4. The van der Waals surface area contributed by atoms with Gasteiger partial charge in [-0.15, -0.1) is 0 Å². The largest absolute Gasteiger partial charge is 0.356 e. The van der Waals surface area contributed by atoms with Gasteiger partial charge >= 0.3 is 0 Å². The molecule has 2 atom stereocenters. The molecule has 2 aliphatic heterocycles. The van der Waals surface area contributed by atoms with E-state index in [1.54, 1.807) is 4.68 Å². The molecule has 22 heavy (non-hydrogen) atoms. The lowest BCUT2D eigenvalue weighted by Crippen LogP contribution is -2.40. The Morgan fingerprint density at radius 1 is 1.36 bits per heavy atom. The molecule has 2 saturated heterocycles. The van der Waals surface area contributed by atoms with E-state index < -0.39 is 0 Å². The standard InChI is InChI=1S/C16H27N5O/c1-20-5-3-12(4-6-20)7-18-16(22)15-10-17-9-14(15)13-8-19-21(2)11-13/h8,11-12,14-15,17H,3-7,9-10H2,1-2H3,(H,18,22)/t14-,15+/m1/s1. The van der Waals surface area contributed by atoms with Crippen molar-refractivity contribution in [3.63, 3.8) is 0 Å². The monoisotopic (exact) mass is 305 g/mol. The highest BCUT2D eigenvalue weighted by atomic mass is 16.1. The number of aryl methyl sites for hydroxylation is 1. The van der Waals surface area contributed by atoms with Gasteiger partial charge in [0, 0.05) is 38.8 Å². The van der Waals surface area contributed by atoms with E-state index in [0.717, 1.165) is 38.3 Å². The first-order valence-corrected chi connectivity index (χ1v) is 8.29. The molecule has 122 valence electrons. The van der Waals surface area contributed by atoms with Crippen molar-refractivity contribution in [3.8, 4) is 0 Å². The van der Waals surface area contributed by atoms with Crippen molar-refractivity contribution in [3.05, 3.63) is 18.0 Å². The van der Waals surface area contributed by atoms with Crippen LogP contribution in [0.4, 0.5) is 0 Å². The summed E-state index contributed by atoms with van der Waals surface area (Å²) in [5.74, 6) is 1.09. The summed E-state index contributed by atoms with van der Waals surface area (Å²) in [6.07, 6.45) is 6.28. The van der Waals surface area contributed by atoms with E-state index in [9.17, 15) is 4.79 Å². The zero-order valence-electron chi connectivity index (χ0n) is 13.6. The third-order valence-corrected chi connectivity index (χ3v) is 5.11. The molecule has 0 aliphatic carbocycles. The molecule has 0 spiro atoms. The molecule has 6 nitrogen and oxygen atoms in total. The quantitative estimate of drug-likeness (QED) is 0.833. The Hall–Kier alpha value is -1.40. The first-order chi connectivity index (χ1) is 10.6. The van der Waals surface area contributed by atoms with Crippen LogP contribution in [-0.4, -0.2) is 60.4 Å². The Balaban J connectivity index is 1.53. The fourth-order valence-electron chi connectivity index (χ4n) is 3.58. The minimum Gasteiger partial charge on any atom is -0.356 e. The number of piperidine rings is 1. The fraction of sp³-hybridized carbons (Fsp3) is 0.750. The van der Waals surface area contributed by atoms with Crippen LogP contribution >= 0.6 is 0 Å². The van der Waals surface area contributed by atoms with Crippen LogP contribution in [0.5, 0.6) is 0 Å². The van der Waals surface area contributed by atoms with Crippen molar-refractivity contribution in [2.75, 3.05) is 39.8 Å². The second kappa shape index (κ2) is 6.79. The van der Waals surface area contributed by atoms with Crippen molar-refractivity contribution in [2.45, 2.75) is 18.8 Å². The van der Waals surface area contributed by atoms with Gasteiger partial charge in [0.05, 0.1) is 12.1 Å². The first-order valence-electron chi connectivity index (χ1n) is 8.29. The second-order valence-corrected chi connectivity index (χ2v) is 6.81. The van der Waals surface area contributed by atoms with Crippen LogP contribution in [0.1, 0.15) is 24.3 Å². The van der Waals surface area contributed by atoms with Crippen molar-refractivity contribution in [1.82, 2.24) is 25.3 Å². The van der Waals surface area contributed by atoms with Gasteiger partial charge in [0.25, 0.3) is 0 Å². The van der Waals surface area contributed by atoms with Gasteiger partial charge in [-0.2, -0.15) is 5.10 Å². The highest BCUT2D eigenvalue weighted by Gasteiger charge is 2.34. The highest BCUT2D eigenvalue weighted by molar-refractivity contribution is 5.80. The van der Waals surface area contributed by atoms with E-state index in [0.29, 0.717) is 5.92 Å². The molecule has 2 fully saturated rings. The lowest BCUT2D eigenvalue weighted by atomic mass is 9.90. The summed E-state index contributed by atoms with van der Waals surface area (Å²) >= 11 is 0. The van der Waals surface area contributed by atoms with Gasteiger partial charge in [-0.3, -0.25) is 9.48 Å². The van der Waals surface area contributed by atoms with Crippen LogP contribution in [0.3, 0.4) is 0 Å². The maximum Gasteiger partial charge on any atom is 0.225 e. The number of amides is 1. The van der Waals surface area contributed by atoms with E-state index in [-0.39, 0.29) is 17.7 Å². The highest BCUT2D eigenvalue weighted by Crippen LogP contribution is 2.28. The Kier molecular flexibility index (Phi) is 4.78. The molecule has 0 radical (unpaired) electrons. The number of carbonyl (C=O) groups is 1. The van der Waals surface area contributed by atoms with E-state index in [4.69, 9.17) is 0 Å². The molecule has 6 heteroatoms. The number of hydrogen-bond donors (Lipinski definition) is 2. The van der Waals surface area contributed by atoms with Gasteiger partial charge < -0.3 is 15.5 Å². The lowest BCUT2D eigenvalue weighted by Gasteiger charge is -2.29. The Labute approximate surface area is 132 Å². The lowest BCUT2D eigenvalue weighted by molar-refractivity contribution is -0.125. The number of rotatable bonds is 4. The van der Waals surface area contributed by atoms with Gasteiger partial charge in [-0.1, -0.05) is 0 Å². The van der Waals surface area contributed by atoms with Gasteiger partial charge in [-0.25, -0.2) is 0 Å². The Morgan fingerprint density at radius 3 is 2.82 bits per heavy atom. The summed E-state index contributed by atoms with van der Waals surface area (Å²) in [6.45, 7) is 4.73. The summed E-state index contributed by atoms with van der Waals surface area (Å²) in [5, 5.41) is 10.8. The van der Waals surface area contributed by atoms with Gasteiger partial charge in [0.2, 0.25) is 5.91 Å². The van der Waals surface area contributed by atoms with E-state index in [2.05, 4.69) is 27.7 Å². The second-order valence-electron chi connectivity index (χ2n) is 6.81. The van der Waals surface area contributed by atoms with E-state index >= 15 is 0 Å². The van der Waals surface area contributed by atoms with Crippen molar-refractivity contribution in [1.29, 1.82) is 0 Å². The average molecular weight is 305 g/mol. The maximum atomic E-state index is 12.6. The maximum absolute atomic E-state index is 12.6. The molecule has 2 N–H and O–H groups in total. The number of nitrogens with one attached hydrogen (secondary N) is 2. The van der Waals surface area contributed by atoms with Gasteiger partial charge in [0.15, 0.2) is 0 Å². The molecule has 0 saturated carbocycles. The fourth-order valence-corrected chi connectivity index (χ4v) is 3.58. The van der Waals surface area contributed by atoms with Crippen molar-refractivity contribution >= 4 is 5.91 Å². The SMILES string of the molecule is CN1CCC(CNC(=O)[C@H]2CNC[C@@H]2c2cnn(C)c2)CC1. The Bertz CT molecular complexity index is 506. The van der Waals surface area contributed by atoms with Gasteiger partial charge in [0.1, 0.15) is 0 Å². The van der Waals surface area contributed by atoms with Crippen LogP contribution in [0.15, 0.2) is 12.4 Å². The zero-order valence-corrected chi connectivity index (χ0v) is 13.6. The minimum absolute atomic E-state index is 0.0236. The number of nitrogens with zero attached hydrogens (tertiary/aromatic N) is 3. The normalized spacial score (nSPS) is 27.2. The molecule has 1 aromatic rings. The zero-order chi connectivity index (χ0) is 15.5. The summed E-state index contributed by atoms with van der Waals surface area (Å²) in [4.78, 5) is 14.9. The third-order valence-electron chi connectivity index (χ3n) is 5.11. The average Bonchev–Trinajstić information content (AvgIpc) is 3.14. The van der Waals surface area contributed by atoms with Crippen LogP contribution in [-0.2, 0) is 11.8 Å². The summed E-state index contributed by atoms with van der Waals surface area (Å²) in [7, 11) is 4.08. The predicted molar refractivity (Wildman–Crippen MR) is 85.5 cm³/mol. The van der Waals surface area contributed by atoms with Gasteiger partial charge in [-0.05, 0) is 44.5 Å². The van der Waals surface area contributed by atoms with Crippen LogP contribution in [0.25, 0.3) is 0 Å². The molecule has 1 amide bonds. The molecule has 1 aromatic heterocycles. The number of likely N-dealkylation sites (tertiary alicyclic amines) is 1. The summed E-state index contributed by atoms with van der Waals surface area (Å²) in [6, 6.07) is 0. The predicted octanol–water partition coefficient (Wildman–Crippen LogP) is 0.181. The molecule has 0 bridgehead atoms. The summed E-state index contributed by atoms with van der Waals surface area (Å²) in [5.41, 5.74) is 1.16. The van der Waals surface area contributed by atoms with E-state index in [1.807, 2.05) is 19.4 Å². The number of aromatic nitrogens is 2. The third kappa shape index (κ3) is 3.50. The molecular formula is C16H27N5O. The van der Waals surface area contributed by atoms with Crippen molar-refractivity contribution < 1.29 is 4.79 Å². The Morgan fingerprint density at radius 2 is 2.14 bits per heavy atom. The molecule has 3 heterocycles. The first kappa shape index (κ1) is 15.5. The number of carbonyl (C=O) groups excluding carboxylic acids is 1. The molecule has 0 aromatic carbocycles.